The molecule has 0 unspecified atom stereocenters. The lowest BCUT2D eigenvalue weighted by molar-refractivity contribution is 0.0594. The fourth-order valence-corrected chi connectivity index (χ4v) is 2.28. The number of esters is 1. The van der Waals surface area contributed by atoms with E-state index >= 15 is 0 Å². The Balaban J connectivity index is 2.33. The Bertz CT molecular complexity index is 814. The molecule has 0 aliphatic heterocycles. The summed E-state index contributed by atoms with van der Waals surface area (Å²) in [5, 5.41) is 0.973. The first-order chi connectivity index (χ1) is 10.2. The molecule has 0 bridgehead atoms. The monoisotopic (exact) mass is 278 g/mol. The van der Waals surface area contributed by atoms with E-state index in [0.29, 0.717) is 0 Å². The van der Waals surface area contributed by atoms with E-state index in [1.807, 2.05) is 43.3 Å². The number of aryl methyl sites for hydroxylation is 1. The zero-order chi connectivity index (χ0) is 14.8. The van der Waals surface area contributed by atoms with Gasteiger partial charge in [-0.05, 0) is 37.3 Å². The summed E-state index contributed by atoms with van der Waals surface area (Å²) in [7, 11) is 1.35. The standard InChI is InChI=1S/C17H14N2O2/c1-11-6-7-15-12(9-11)13(14-5-3-4-8-18-14)10-16(19-15)17(20)21-2/h3-10H,1-2H3. The minimum atomic E-state index is -0.449. The maximum Gasteiger partial charge on any atom is 0.356 e. The van der Waals surface area contributed by atoms with Crippen molar-refractivity contribution < 1.29 is 9.53 Å². The predicted molar refractivity (Wildman–Crippen MR) is 81.1 cm³/mol. The highest BCUT2D eigenvalue weighted by Crippen LogP contribution is 2.28. The number of fused-ring (bicyclic) bond motifs is 1. The Hall–Kier alpha value is -2.75. The number of nitrogens with zero attached hydrogens (tertiary/aromatic N) is 2. The number of methoxy groups -OCH3 is 1. The van der Waals surface area contributed by atoms with Crippen molar-refractivity contribution >= 4 is 16.9 Å². The zero-order valence-corrected chi connectivity index (χ0v) is 11.8. The summed E-state index contributed by atoms with van der Waals surface area (Å²) in [6.45, 7) is 2.02. The van der Waals surface area contributed by atoms with Gasteiger partial charge in [-0.3, -0.25) is 4.98 Å². The number of carbonyl (C=O) groups is 1. The number of hydrogen-bond acceptors (Lipinski definition) is 4. The molecule has 3 aromatic rings. The molecule has 3 rings (SSSR count). The van der Waals surface area contributed by atoms with E-state index in [9.17, 15) is 4.79 Å². The molecule has 0 amide bonds. The third-order valence-corrected chi connectivity index (χ3v) is 3.30. The second kappa shape index (κ2) is 5.32. The molecule has 0 saturated carbocycles. The van der Waals surface area contributed by atoms with Crippen LogP contribution in [-0.4, -0.2) is 23.0 Å². The van der Waals surface area contributed by atoms with Crippen LogP contribution in [0.3, 0.4) is 0 Å². The van der Waals surface area contributed by atoms with Crippen LogP contribution in [0.25, 0.3) is 22.2 Å². The minimum Gasteiger partial charge on any atom is -0.464 e. The lowest BCUT2D eigenvalue weighted by atomic mass is 10.0. The molecule has 2 aromatic heterocycles. The predicted octanol–water partition coefficient (Wildman–Crippen LogP) is 3.39. The Kier molecular flexibility index (Phi) is 3.36. The molecule has 0 radical (unpaired) electrons. The van der Waals surface area contributed by atoms with Gasteiger partial charge in [0.25, 0.3) is 0 Å². The fourth-order valence-electron chi connectivity index (χ4n) is 2.28. The number of ether oxygens (including phenoxy) is 1. The van der Waals surface area contributed by atoms with Crippen LogP contribution in [0.5, 0.6) is 0 Å². The molecule has 0 spiro atoms. The molecule has 0 atom stereocenters. The average molecular weight is 278 g/mol. The van der Waals surface area contributed by atoms with Gasteiger partial charge < -0.3 is 4.74 Å². The number of pyridine rings is 2. The fraction of sp³-hybridized carbons (Fsp3) is 0.118. The lowest BCUT2D eigenvalue weighted by Gasteiger charge is -2.09. The molecule has 21 heavy (non-hydrogen) atoms. The van der Waals surface area contributed by atoms with Gasteiger partial charge in [0.2, 0.25) is 0 Å². The van der Waals surface area contributed by atoms with Crippen LogP contribution < -0.4 is 0 Å². The van der Waals surface area contributed by atoms with Gasteiger partial charge in [0, 0.05) is 17.1 Å². The molecule has 0 aliphatic rings. The van der Waals surface area contributed by atoms with E-state index < -0.39 is 5.97 Å². The average Bonchev–Trinajstić information content (AvgIpc) is 2.54. The van der Waals surface area contributed by atoms with Crippen LogP contribution in [0.2, 0.25) is 0 Å². The Morgan fingerprint density at radius 1 is 1.14 bits per heavy atom. The topological polar surface area (TPSA) is 52.1 Å². The Morgan fingerprint density at radius 2 is 2.00 bits per heavy atom. The van der Waals surface area contributed by atoms with Crippen molar-refractivity contribution in [1.29, 1.82) is 0 Å². The summed E-state index contributed by atoms with van der Waals surface area (Å²) >= 11 is 0. The van der Waals surface area contributed by atoms with Crippen LogP contribution in [0.1, 0.15) is 16.1 Å². The molecular weight excluding hydrogens is 264 g/mol. The maximum absolute atomic E-state index is 11.8. The van der Waals surface area contributed by atoms with Gasteiger partial charge in [-0.15, -0.1) is 0 Å². The summed E-state index contributed by atoms with van der Waals surface area (Å²) in [6, 6.07) is 13.4. The van der Waals surface area contributed by atoms with Crippen LogP contribution in [-0.2, 0) is 4.74 Å². The Labute approximate surface area is 122 Å². The van der Waals surface area contributed by atoms with E-state index in [1.165, 1.54) is 7.11 Å². The molecule has 104 valence electrons. The quantitative estimate of drug-likeness (QED) is 0.674. The lowest BCUT2D eigenvalue weighted by Crippen LogP contribution is -2.05. The van der Waals surface area contributed by atoms with Gasteiger partial charge in [0.15, 0.2) is 0 Å². The smallest absolute Gasteiger partial charge is 0.356 e. The number of rotatable bonds is 2. The number of hydrogen-bond donors (Lipinski definition) is 0. The van der Waals surface area contributed by atoms with Gasteiger partial charge >= 0.3 is 5.97 Å². The summed E-state index contributed by atoms with van der Waals surface area (Å²) in [5.74, 6) is -0.449. The first kappa shape index (κ1) is 13.2. The van der Waals surface area contributed by atoms with Gasteiger partial charge in [0.1, 0.15) is 5.69 Å². The second-order valence-corrected chi connectivity index (χ2v) is 4.78. The normalized spacial score (nSPS) is 10.6. The van der Waals surface area contributed by atoms with E-state index in [-0.39, 0.29) is 5.69 Å². The van der Waals surface area contributed by atoms with Crippen molar-refractivity contribution in [3.05, 3.63) is 59.9 Å². The van der Waals surface area contributed by atoms with Gasteiger partial charge in [-0.1, -0.05) is 17.7 Å². The third kappa shape index (κ3) is 2.48. The van der Waals surface area contributed by atoms with E-state index in [1.54, 1.807) is 12.3 Å². The summed E-state index contributed by atoms with van der Waals surface area (Å²) in [6.07, 6.45) is 1.73. The van der Waals surface area contributed by atoms with E-state index in [0.717, 1.165) is 27.7 Å². The van der Waals surface area contributed by atoms with Gasteiger partial charge in [-0.25, -0.2) is 9.78 Å². The molecule has 4 heteroatoms. The molecule has 0 aliphatic carbocycles. The molecule has 0 N–H and O–H groups in total. The summed E-state index contributed by atoms with van der Waals surface area (Å²) < 4.78 is 4.78. The number of carbonyl (C=O) groups excluding carboxylic acids is 1. The summed E-state index contributed by atoms with van der Waals surface area (Å²) in [5.41, 5.74) is 3.86. The van der Waals surface area contributed by atoms with Crippen molar-refractivity contribution in [2.45, 2.75) is 6.92 Å². The first-order valence-corrected chi connectivity index (χ1v) is 6.60. The SMILES string of the molecule is COC(=O)c1cc(-c2ccccn2)c2cc(C)ccc2n1. The van der Waals surface area contributed by atoms with E-state index in [2.05, 4.69) is 9.97 Å². The van der Waals surface area contributed by atoms with Crippen LogP contribution in [0, 0.1) is 6.92 Å². The highest BCUT2D eigenvalue weighted by Gasteiger charge is 2.14. The number of aromatic nitrogens is 2. The van der Waals surface area contributed by atoms with Crippen molar-refractivity contribution in [3.8, 4) is 11.3 Å². The molecule has 2 heterocycles. The minimum absolute atomic E-state index is 0.287. The molecule has 1 aromatic carbocycles. The van der Waals surface area contributed by atoms with Crippen molar-refractivity contribution in [3.63, 3.8) is 0 Å². The Morgan fingerprint density at radius 3 is 2.71 bits per heavy atom. The third-order valence-electron chi connectivity index (χ3n) is 3.30. The number of benzene rings is 1. The van der Waals surface area contributed by atoms with Crippen LogP contribution >= 0.6 is 0 Å². The first-order valence-electron chi connectivity index (χ1n) is 6.60. The summed E-state index contributed by atoms with van der Waals surface area (Å²) in [4.78, 5) is 20.5. The van der Waals surface area contributed by atoms with Crippen molar-refractivity contribution in [2.75, 3.05) is 7.11 Å². The van der Waals surface area contributed by atoms with Crippen molar-refractivity contribution in [1.82, 2.24) is 9.97 Å². The zero-order valence-electron chi connectivity index (χ0n) is 11.8. The van der Waals surface area contributed by atoms with Crippen LogP contribution in [0.4, 0.5) is 0 Å². The van der Waals surface area contributed by atoms with Crippen LogP contribution in [0.15, 0.2) is 48.7 Å². The maximum atomic E-state index is 11.8. The van der Waals surface area contributed by atoms with Gasteiger partial charge in [-0.2, -0.15) is 0 Å². The highest BCUT2D eigenvalue weighted by molar-refractivity contribution is 5.99. The molecule has 0 saturated heterocycles. The largest absolute Gasteiger partial charge is 0.464 e. The van der Waals surface area contributed by atoms with Gasteiger partial charge in [0.05, 0.1) is 18.3 Å². The molecule has 4 nitrogen and oxygen atoms in total. The second-order valence-electron chi connectivity index (χ2n) is 4.78. The van der Waals surface area contributed by atoms with Crippen molar-refractivity contribution in [2.24, 2.45) is 0 Å². The van der Waals surface area contributed by atoms with E-state index in [4.69, 9.17) is 4.74 Å². The molecular formula is C17H14N2O2. The molecule has 0 fully saturated rings. The highest BCUT2D eigenvalue weighted by atomic mass is 16.5.